The summed E-state index contributed by atoms with van der Waals surface area (Å²) in [5, 5.41) is 5.61. The van der Waals surface area contributed by atoms with Crippen LogP contribution in [0.25, 0.3) is 5.69 Å². The van der Waals surface area contributed by atoms with Crippen molar-refractivity contribution >= 4 is 28.9 Å². The number of hydrogen-bond donors (Lipinski definition) is 2. The van der Waals surface area contributed by atoms with Crippen LogP contribution in [0.3, 0.4) is 0 Å². The van der Waals surface area contributed by atoms with E-state index in [-0.39, 0.29) is 5.11 Å². The number of hydrogen-bond acceptors (Lipinski definition) is 4. The molecule has 0 spiro atoms. The first-order chi connectivity index (χ1) is 13.0. The van der Waals surface area contributed by atoms with Crippen LogP contribution in [0.15, 0.2) is 55.0 Å². The van der Waals surface area contributed by atoms with E-state index in [9.17, 15) is 9.18 Å². The van der Waals surface area contributed by atoms with Gasteiger partial charge in [0.15, 0.2) is 5.11 Å². The van der Waals surface area contributed by atoms with Crippen LogP contribution in [0.5, 0.6) is 5.75 Å². The SMILES string of the molecule is COc1cc(NC(=S)NC(=O)c2ccc(F)cc2)ccc1-n1cnc(C)c1. The number of ether oxygens (including phenoxy) is 1. The van der Waals surface area contributed by atoms with Gasteiger partial charge in [0.1, 0.15) is 11.6 Å². The number of aromatic nitrogens is 2. The normalized spacial score (nSPS) is 10.3. The molecule has 27 heavy (non-hydrogen) atoms. The highest BCUT2D eigenvalue weighted by Gasteiger charge is 2.11. The van der Waals surface area contributed by atoms with Crippen molar-refractivity contribution < 1.29 is 13.9 Å². The van der Waals surface area contributed by atoms with Gasteiger partial charge in [-0.05, 0) is 55.5 Å². The molecule has 0 fully saturated rings. The largest absolute Gasteiger partial charge is 0.494 e. The number of thiocarbonyl (C=S) groups is 1. The highest BCUT2D eigenvalue weighted by molar-refractivity contribution is 7.80. The molecule has 6 nitrogen and oxygen atoms in total. The van der Waals surface area contributed by atoms with Crippen molar-refractivity contribution in [3.8, 4) is 11.4 Å². The van der Waals surface area contributed by atoms with Crippen LogP contribution in [0.2, 0.25) is 0 Å². The number of nitrogens with zero attached hydrogens (tertiary/aromatic N) is 2. The number of carbonyl (C=O) groups is 1. The van der Waals surface area contributed by atoms with Crippen molar-refractivity contribution in [3.05, 3.63) is 72.1 Å². The van der Waals surface area contributed by atoms with Crippen molar-refractivity contribution in [1.29, 1.82) is 0 Å². The van der Waals surface area contributed by atoms with E-state index in [1.807, 2.05) is 29.8 Å². The summed E-state index contributed by atoms with van der Waals surface area (Å²) < 4.78 is 20.2. The number of amides is 1. The van der Waals surface area contributed by atoms with Gasteiger partial charge in [0.05, 0.1) is 24.8 Å². The summed E-state index contributed by atoms with van der Waals surface area (Å²) in [5.41, 5.74) is 2.68. The molecule has 3 rings (SSSR count). The van der Waals surface area contributed by atoms with Gasteiger partial charge in [-0.3, -0.25) is 10.1 Å². The first-order valence-corrected chi connectivity index (χ1v) is 8.44. The van der Waals surface area contributed by atoms with Crippen LogP contribution in [0, 0.1) is 12.7 Å². The van der Waals surface area contributed by atoms with Crippen molar-refractivity contribution in [1.82, 2.24) is 14.9 Å². The maximum absolute atomic E-state index is 12.9. The molecule has 0 atom stereocenters. The zero-order chi connectivity index (χ0) is 19.4. The van der Waals surface area contributed by atoms with Crippen LogP contribution in [0.1, 0.15) is 16.1 Å². The molecule has 0 saturated heterocycles. The zero-order valence-corrected chi connectivity index (χ0v) is 15.5. The average Bonchev–Trinajstić information content (AvgIpc) is 3.08. The Labute approximate surface area is 161 Å². The summed E-state index contributed by atoms with van der Waals surface area (Å²) in [4.78, 5) is 16.3. The predicted molar refractivity (Wildman–Crippen MR) is 105 cm³/mol. The first-order valence-electron chi connectivity index (χ1n) is 8.03. The van der Waals surface area contributed by atoms with Gasteiger partial charge in [-0.1, -0.05) is 0 Å². The summed E-state index contributed by atoms with van der Waals surface area (Å²) in [6.07, 6.45) is 3.59. The smallest absolute Gasteiger partial charge is 0.257 e. The molecule has 2 aromatic carbocycles. The number of nitrogens with one attached hydrogen (secondary N) is 2. The molecular formula is C19H17FN4O2S. The number of halogens is 1. The molecule has 8 heteroatoms. The van der Waals surface area contributed by atoms with E-state index in [1.54, 1.807) is 19.5 Å². The molecule has 138 valence electrons. The van der Waals surface area contributed by atoms with Gasteiger partial charge in [-0.15, -0.1) is 0 Å². The summed E-state index contributed by atoms with van der Waals surface area (Å²) in [6, 6.07) is 10.6. The number of methoxy groups -OCH3 is 1. The minimum Gasteiger partial charge on any atom is -0.494 e. The lowest BCUT2D eigenvalue weighted by Gasteiger charge is -2.13. The van der Waals surface area contributed by atoms with E-state index in [0.717, 1.165) is 11.4 Å². The molecule has 0 unspecified atom stereocenters. The number of imidazole rings is 1. The molecule has 3 aromatic rings. The van der Waals surface area contributed by atoms with Gasteiger partial charge in [0.2, 0.25) is 0 Å². The lowest BCUT2D eigenvalue weighted by atomic mass is 10.2. The molecule has 0 aliphatic rings. The molecule has 0 radical (unpaired) electrons. The molecule has 1 heterocycles. The molecular weight excluding hydrogens is 367 g/mol. The van der Waals surface area contributed by atoms with Crippen molar-refractivity contribution in [2.75, 3.05) is 12.4 Å². The van der Waals surface area contributed by atoms with E-state index >= 15 is 0 Å². The van der Waals surface area contributed by atoms with Crippen LogP contribution in [0.4, 0.5) is 10.1 Å². The summed E-state index contributed by atoms with van der Waals surface area (Å²) in [7, 11) is 1.57. The zero-order valence-electron chi connectivity index (χ0n) is 14.7. The van der Waals surface area contributed by atoms with Gasteiger partial charge < -0.3 is 14.6 Å². The fourth-order valence-electron chi connectivity index (χ4n) is 2.46. The van der Waals surface area contributed by atoms with Crippen LogP contribution in [-0.2, 0) is 0 Å². The predicted octanol–water partition coefficient (Wildman–Crippen LogP) is 3.46. The Kier molecular flexibility index (Phi) is 5.46. The van der Waals surface area contributed by atoms with E-state index < -0.39 is 11.7 Å². The third-order valence-electron chi connectivity index (χ3n) is 3.76. The monoisotopic (exact) mass is 384 g/mol. The Balaban J connectivity index is 1.70. The number of carbonyl (C=O) groups excluding carboxylic acids is 1. The van der Waals surface area contributed by atoms with Gasteiger partial charge >= 0.3 is 0 Å². The van der Waals surface area contributed by atoms with Gasteiger partial charge in [-0.2, -0.15) is 0 Å². The highest BCUT2D eigenvalue weighted by Crippen LogP contribution is 2.26. The van der Waals surface area contributed by atoms with Gasteiger partial charge in [0.25, 0.3) is 5.91 Å². The number of benzene rings is 2. The summed E-state index contributed by atoms with van der Waals surface area (Å²) in [5.74, 6) is -0.220. The van der Waals surface area contributed by atoms with Gasteiger partial charge in [0, 0.05) is 23.5 Å². The highest BCUT2D eigenvalue weighted by atomic mass is 32.1. The second-order valence-corrected chi connectivity index (χ2v) is 6.13. The Morgan fingerprint density at radius 3 is 2.59 bits per heavy atom. The second kappa shape index (κ2) is 7.96. The number of anilines is 1. The van der Waals surface area contributed by atoms with Crippen molar-refractivity contribution in [2.24, 2.45) is 0 Å². The lowest BCUT2D eigenvalue weighted by molar-refractivity contribution is 0.0977. The van der Waals surface area contributed by atoms with E-state index in [0.29, 0.717) is 17.0 Å². The minimum atomic E-state index is -0.426. The van der Waals surface area contributed by atoms with Crippen molar-refractivity contribution in [2.45, 2.75) is 6.92 Å². The van der Waals surface area contributed by atoms with Gasteiger partial charge in [-0.25, -0.2) is 9.37 Å². The van der Waals surface area contributed by atoms with Crippen LogP contribution >= 0.6 is 12.2 Å². The molecule has 1 aromatic heterocycles. The van der Waals surface area contributed by atoms with E-state index in [4.69, 9.17) is 17.0 Å². The third kappa shape index (κ3) is 4.48. The molecule has 2 N–H and O–H groups in total. The van der Waals surface area contributed by atoms with E-state index in [2.05, 4.69) is 15.6 Å². The van der Waals surface area contributed by atoms with Crippen LogP contribution < -0.4 is 15.4 Å². The average molecular weight is 384 g/mol. The maximum Gasteiger partial charge on any atom is 0.257 e. The fraction of sp³-hybridized carbons (Fsp3) is 0.105. The summed E-state index contributed by atoms with van der Waals surface area (Å²) in [6.45, 7) is 1.90. The number of rotatable bonds is 4. The Morgan fingerprint density at radius 2 is 1.96 bits per heavy atom. The van der Waals surface area contributed by atoms with E-state index in [1.165, 1.54) is 24.3 Å². The first kappa shape index (κ1) is 18.5. The maximum atomic E-state index is 12.9. The van der Waals surface area contributed by atoms with Crippen molar-refractivity contribution in [3.63, 3.8) is 0 Å². The quantitative estimate of drug-likeness (QED) is 0.675. The molecule has 0 saturated carbocycles. The molecule has 0 bridgehead atoms. The summed E-state index contributed by atoms with van der Waals surface area (Å²) >= 11 is 5.17. The number of aryl methyl sites for hydroxylation is 1. The Bertz CT molecular complexity index is 986. The lowest BCUT2D eigenvalue weighted by Crippen LogP contribution is -2.34. The standard InChI is InChI=1S/C19H17FN4O2S/c1-12-10-24(11-21-12)16-8-7-15(9-17(16)26-2)22-19(27)23-18(25)13-3-5-14(20)6-4-13/h3-11H,1-2H3,(H2,22,23,25,27). The second-order valence-electron chi connectivity index (χ2n) is 5.72. The molecule has 1 amide bonds. The minimum absolute atomic E-state index is 0.123. The Hall–Kier alpha value is -3.26. The Morgan fingerprint density at radius 1 is 1.22 bits per heavy atom. The molecule has 0 aliphatic carbocycles. The fourth-order valence-corrected chi connectivity index (χ4v) is 2.67. The molecule has 0 aliphatic heterocycles. The van der Waals surface area contributed by atoms with Crippen LogP contribution in [-0.4, -0.2) is 27.7 Å². The third-order valence-corrected chi connectivity index (χ3v) is 3.97. The topological polar surface area (TPSA) is 68.2 Å².